The Labute approximate surface area is 128 Å². The molecule has 116 valence electrons. The molecule has 1 atom stereocenters. The molecule has 4 heteroatoms. The third kappa shape index (κ3) is 4.29. The van der Waals surface area contributed by atoms with Gasteiger partial charge in [-0.05, 0) is 45.1 Å². The fourth-order valence-corrected chi connectivity index (χ4v) is 3.18. The number of amidine groups is 1. The van der Waals surface area contributed by atoms with Crippen molar-refractivity contribution >= 4 is 5.84 Å². The van der Waals surface area contributed by atoms with E-state index in [1.807, 2.05) is 18.2 Å². The van der Waals surface area contributed by atoms with Crippen molar-refractivity contribution in [3.05, 3.63) is 35.9 Å². The number of hydrogen-bond acceptors (Lipinski definition) is 3. The van der Waals surface area contributed by atoms with Crippen molar-refractivity contribution in [3.63, 3.8) is 0 Å². The summed E-state index contributed by atoms with van der Waals surface area (Å²) in [6, 6.07) is 10.8. The monoisotopic (exact) mass is 288 g/mol. The molecule has 1 fully saturated rings. The van der Waals surface area contributed by atoms with Gasteiger partial charge in [-0.3, -0.25) is 5.41 Å². The molecule has 1 unspecified atom stereocenters. The molecule has 1 aliphatic heterocycles. The maximum atomic E-state index is 7.90. The third-order valence-electron chi connectivity index (χ3n) is 4.68. The average Bonchev–Trinajstić information content (AvgIpc) is 2.53. The van der Waals surface area contributed by atoms with Crippen molar-refractivity contribution in [3.8, 4) is 0 Å². The Kier molecular flexibility index (Phi) is 5.76. The van der Waals surface area contributed by atoms with Gasteiger partial charge in [-0.2, -0.15) is 0 Å². The highest BCUT2D eigenvalue weighted by atomic mass is 15.2. The van der Waals surface area contributed by atoms with Crippen molar-refractivity contribution in [1.29, 1.82) is 5.41 Å². The van der Waals surface area contributed by atoms with Crippen molar-refractivity contribution in [2.24, 2.45) is 5.73 Å². The van der Waals surface area contributed by atoms with Gasteiger partial charge >= 0.3 is 0 Å². The van der Waals surface area contributed by atoms with Crippen LogP contribution in [0.5, 0.6) is 0 Å². The van der Waals surface area contributed by atoms with Crippen molar-refractivity contribution < 1.29 is 0 Å². The molecule has 0 radical (unpaired) electrons. The molecule has 0 saturated carbocycles. The summed E-state index contributed by atoms with van der Waals surface area (Å²) < 4.78 is 0. The van der Waals surface area contributed by atoms with E-state index in [2.05, 4.69) is 35.9 Å². The lowest BCUT2D eigenvalue weighted by atomic mass is 9.95. The van der Waals surface area contributed by atoms with Gasteiger partial charge in [-0.25, -0.2) is 0 Å². The minimum absolute atomic E-state index is 0.000375. The zero-order valence-corrected chi connectivity index (χ0v) is 13.3. The Balaban J connectivity index is 1.96. The summed E-state index contributed by atoms with van der Waals surface area (Å²) in [6.45, 7) is 6.57. The van der Waals surface area contributed by atoms with Gasteiger partial charge in [0.15, 0.2) is 0 Å². The number of hydrogen-bond donors (Lipinski definition) is 2. The molecule has 4 nitrogen and oxygen atoms in total. The van der Waals surface area contributed by atoms with Crippen molar-refractivity contribution in [1.82, 2.24) is 9.80 Å². The quantitative estimate of drug-likeness (QED) is 0.623. The van der Waals surface area contributed by atoms with Crippen molar-refractivity contribution in [2.75, 3.05) is 33.2 Å². The number of rotatable bonds is 6. The molecule has 0 aromatic heterocycles. The molecule has 1 aromatic carbocycles. The lowest BCUT2D eigenvalue weighted by Crippen LogP contribution is -2.45. The molecular weight excluding hydrogens is 260 g/mol. The predicted octanol–water partition coefficient (Wildman–Crippen LogP) is 2.12. The van der Waals surface area contributed by atoms with Gasteiger partial charge in [-0.1, -0.05) is 37.3 Å². The highest BCUT2D eigenvalue weighted by Crippen LogP contribution is 2.21. The zero-order chi connectivity index (χ0) is 15.2. The van der Waals surface area contributed by atoms with Crippen LogP contribution < -0.4 is 5.73 Å². The molecule has 2 rings (SSSR count). The highest BCUT2D eigenvalue weighted by molar-refractivity contribution is 5.84. The predicted molar refractivity (Wildman–Crippen MR) is 88.9 cm³/mol. The first kappa shape index (κ1) is 16.0. The summed E-state index contributed by atoms with van der Waals surface area (Å²) in [5.74, 6) is 0.263. The van der Waals surface area contributed by atoms with Crippen LogP contribution in [0.15, 0.2) is 30.3 Å². The van der Waals surface area contributed by atoms with E-state index < -0.39 is 0 Å². The number of likely N-dealkylation sites (N-methyl/N-ethyl adjacent to an activating group) is 1. The summed E-state index contributed by atoms with van der Waals surface area (Å²) in [7, 11) is 2.17. The van der Waals surface area contributed by atoms with E-state index in [0.29, 0.717) is 6.04 Å². The summed E-state index contributed by atoms with van der Waals surface area (Å²) in [5.41, 5.74) is 6.98. The number of piperidine rings is 1. The Hall–Kier alpha value is -1.39. The summed E-state index contributed by atoms with van der Waals surface area (Å²) in [5, 5.41) is 7.90. The van der Waals surface area contributed by atoms with Crippen LogP contribution in [-0.4, -0.2) is 54.9 Å². The second-order valence-corrected chi connectivity index (χ2v) is 6.02. The molecule has 3 N–H and O–H groups in total. The minimum Gasteiger partial charge on any atom is -0.387 e. The summed E-state index contributed by atoms with van der Waals surface area (Å²) in [4.78, 5) is 4.90. The normalized spacial score (nSPS) is 18.8. The fourth-order valence-electron chi connectivity index (χ4n) is 3.18. The van der Waals surface area contributed by atoms with Gasteiger partial charge in [-0.15, -0.1) is 0 Å². The molecule has 1 aliphatic rings. The van der Waals surface area contributed by atoms with Gasteiger partial charge in [0.1, 0.15) is 0 Å². The van der Waals surface area contributed by atoms with Crippen LogP contribution in [0.3, 0.4) is 0 Å². The van der Waals surface area contributed by atoms with E-state index in [1.54, 1.807) is 0 Å². The Bertz CT molecular complexity index is 437. The van der Waals surface area contributed by atoms with E-state index in [9.17, 15) is 0 Å². The molecule has 1 aromatic rings. The van der Waals surface area contributed by atoms with Gasteiger partial charge in [0, 0.05) is 12.6 Å². The van der Waals surface area contributed by atoms with Crippen LogP contribution in [0, 0.1) is 5.41 Å². The first-order valence-electron chi connectivity index (χ1n) is 7.93. The Morgan fingerprint density at radius 1 is 1.33 bits per heavy atom. The molecular formula is C17H28N4. The largest absolute Gasteiger partial charge is 0.387 e. The molecule has 1 saturated heterocycles. The number of nitrogens with zero attached hydrogens (tertiary/aromatic N) is 2. The minimum atomic E-state index is 0.000375. The van der Waals surface area contributed by atoms with E-state index in [1.165, 1.54) is 25.9 Å². The first-order chi connectivity index (χ1) is 10.1. The Morgan fingerprint density at radius 2 is 1.95 bits per heavy atom. The highest BCUT2D eigenvalue weighted by Gasteiger charge is 2.25. The van der Waals surface area contributed by atoms with Gasteiger partial charge < -0.3 is 15.5 Å². The zero-order valence-electron chi connectivity index (χ0n) is 13.3. The van der Waals surface area contributed by atoms with Gasteiger partial charge in [0.05, 0.1) is 11.8 Å². The second kappa shape index (κ2) is 7.57. The van der Waals surface area contributed by atoms with Crippen LogP contribution >= 0.6 is 0 Å². The Morgan fingerprint density at radius 3 is 2.48 bits per heavy atom. The second-order valence-electron chi connectivity index (χ2n) is 6.02. The smallest absolute Gasteiger partial charge is 0.0995 e. The average molecular weight is 288 g/mol. The lowest BCUT2D eigenvalue weighted by molar-refractivity contribution is 0.131. The third-order valence-corrected chi connectivity index (χ3v) is 4.68. The maximum Gasteiger partial charge on any atom is 0.0995 e. The standard InChI is InChI=1S/C17H28N4/c1-3-21-11-9-15(10-12-21)20(2)13-16(17(18)19)14-7-5-4-6-8-14/h4-8,15-16H,3,9-13H2,1-2H3,(H3,18,19). The first-order valence-corrected chi connectivity index (χ1v) is 7.93. The van der Waals surface area contributed by atoms with Gasteiger partial charge in [0.2, 0.25) is 0 Å². The van der Waals surface area contributed by atoms with E-state index in [0.717, 1.165) is 18.7 Å². The van der Waals surface area contributed by atoms with Crippen LogP contribution in [0.25, 0.3) is 0 Å². The van der Waals surface area contributed by atoms with Crippen LogP contribution in [-0.2, 0) is 0 Å². The molecule has 21 heavy (non-hydrogen) atoms. The topological polar surface area (TPSA) is 56.4 Å². The summed E-state index contributed by atoms with van der Waals surface area (Å²) in [6.07, 6.45) is 2.42. The number of nitrogens with one attached hydrogen (secondary N) is 1. The maximum absolute atomic E-state index is 7.90. The number of nitrogens with two attached hydrogens (primary N) is 1. The van der Waals surface area contributed by atoms with E-state index in [4.69, 9.17) is 11.1 Å². The van der Waals surface area contributed by atoms with Crippen LogP contribution in [0.1, 0.15) is 31.2 Å². The summed E-state index contributed by atoms with van der Waals surface area (Å²) >= 11 is 0. The lowest BCUT2D eigenvalue weighted by Gasteiger charge is -2.37. The van der Waals surface area contributed by atoms with Gasteiger partial charge in [0.25, 0.3) is 0 Å². The fraction of sp³-hybridized carbons (Fsp3) is 0.588. The van der Waals surface area contributed by atoms with E-state index >= 15 is 0 Å². The van der Waals surface area contributed by atoms with Crippen LogP contribution in [0.2, 0.25) is 0 Å². The SMILES string of the molecule is CCN1CCC(N(C)CC(C(=N)N)c2ccccc2)CC1. The van der Waals surface area contributed by atoms with E-state index in [-0.39, 0.29) is 11.8 Å². The molecule has 0 bridgehead atoms. The number of benzene rings is 1. The van der Waals surface area contributed by atoms with Crippen LogP contribution in [0.4, 0.5) is 0 Å². The molecule has 0 aliphatic carbocycles. The molecule has 1 heterocycles. The van der Waals surface area contributed by atoms with Crippen molar-refractivity contribution in [2.45, 2.75) is 31.7 Å². The molecule has 0 spiro atoms. The number of likely N-dealkylation sites (tertiary alicyclic amines) is 1. The molecule has 0 amide bonds.